The van der Waals surface area contributed by atoms with E-state index < -0.39 is 0 Å². The maximum absolute atomic E-state index is 5.36. The molecule has 2 rings (SSSR count). The molecule has 1 aromatic carbocycles. The van der Waals surface area contributed by atoms with Gasteiger partial charge in [-0.15, -0.1) is 0 Å². The monoisotopic (exact) mass is 173 g/mol. The van der Waals surface area contributed by atoms with E-state index in [1.807, 2.05) is 36.4 Å². The number of fused-ring (bicyclic) bond motifs is 1. The van der Waals surface area contributed by atoms with E-state index in [2.05, 4.69) is 0 Å². The summed E-state index contributed by atoms with van der Waals surface area (Å²) in [6.07, 6.45) is 5.60. The molecule has 0 aliphatic heterocycles. The minimum Gasteiger partial charge on any atom is -0.464 e. The van der Waals surface area contributed by atoms with Gasteiger partial charge in [0.05, 0.1) is 6.26 Å². The Morgan fingerprint density at radius 1 is 1.31 bits per heavy atom. The first-order valence-corrected chi connectivity index (χ1v) is 4.24. The first-order chi connectivity index (χ1) is 6.40. The summed E-state index contributed by atoms with van der Waals surface area (Å²) in [5.74, 6) is 0. The number of benzene rings is 1. The molecule has 0 radical (unpaired) electrons. The first kappa shape index (κ1) is 8.08. The summed E-state index contributed by atoms with van der Waals surface area (Å²) in [7, 11) is 0. The molecule has 0 aliphatic rings. The zero-order valence-corrected chi connectivity index (χ0v) is 7.23. The molecule has 0 amide bonds. The number of rotatable bonds is 2. The van der Waals surface area contributed by atoms with E-state index in [0.717, 1.165) is 16.5 Å². The summed E-state index contributed by atoms with van der Waals surface area (Å²) in [5, 5.41) is 1.13. The molecule has 0 atom stereocenters. The fraction of sp³-hybridized carbons (Fsp3) is 0.0909. The Morgan fingerprint density at radius 2 is 2.23 bits per heavy atom. The molecule has 1 aromatic heterocycles. The van der Waals surface area contributed by atoms with Gasteiger partial charge in [-0.1, -0.05) is 24.3 Å². The molecule has 13 heavy (non-hydrogen) atoms. The molecule has 66 valence electrons. The van der Waals surface area contributed by atoms with Crippen LogP contribution in [0.25, 0.3) is 17.0 Å². The smallest absolute Gasteiger partial charge is 0.134 e. The Kier molecular flexibility index (Phi) is 2.15. The Balaban J connectivity index is 2.42. The SMILES string of the molecule is NC/C=C/c1ccc2ccoc2c1. The van der Waals surface area contributed by atoms with Gasteiger partial charge >= 0.3 is 0 Å². The van der Waals surface area contributed by atoms with Crippen LogP contribution in [0.3, 0.4) is 0 Å². The third-order valence-electron chi connectivity index (χ3n) is 1.93. The van der Waals surface area contributed by atoms with Crippen LogP contribution in [0.15, 0.2) is 41.0 Å². The van der Waals surface area contributed by atoms with Crippen molar-refractivity contribution in [3.8, 4) is 0 Å². The van der Waals surface area contributed by atoms with Crippen LogP contribution >= 0.6 is 0 Å². The van der Waals surface area contributed by atoms with Crippen LogP contribution in [-0.4, -0.2) is 6.54 Å². The molecule has 0 aliphatic carbocycles. The summed E-state index contributed by atoms with van der Waals surface area (Å²) in [6, 6.07) is 8.03. The van der Waals surface area contributed by atoms with E-state index >= 15 is 0 Å². The molecular formula is C11H11NO. The molecular weight excluding hydrogens is 162 g/mol. The van der Waals surface area contributed by atoms with E-state index in [0.29, 0.717) is 6.54 Å². The highest BCUT2D eigenvalue weighted by molar-refractivity contribution is 5.79. The van der Waals surface area contributed by atoms with Crippen molar-refractivity contribution >= 4 is 17.0 Å². The lowest BCUT2D eigenvalue weighted by molar-refractivity contribution is 0.616. The molecule has 0 spiro atoms. The van der Waals surface area contributed by atoms with Gasteiger partial charge in [0, 0.05) is 11.9 Å². The third-order valence-corrected chi connectivity index (χ3v) is 1.93. The van der Waals surface area contributed by atoms with Crippen LogP contribution in [-0.2, 0) is 0 Å². The van der Waals surface area contributed by atoms with Crippen LogP contribution < -0.4 is 5.73 Å². The van der Waals surface area contributed by atoms with Gasteiger partial charge in [-0.3, -0.25) is 0 Å². The minimum absolute atomic E-state index is 0.566. The maximum Gasteiger partial charge on any atom is 0.134 e. The van der Waals surface area contributed by atoms with Gasteiger partial charge in [-0.25, -0.2) is 0 Å². The van der Waals surface area contributed by atoms with Crippen molar-refractivity contribution in [3.63, 3.8) is 0 Å². The maximum atomic E-state index is 5.36. The van der Waals surface area contributed by atoms with E-state index in [9.17, 15) is 0 Å². The summed E-state index contributed by atoms with van der Waals surface area (Å²) in [5.41, 5.74) is 7.39. The Morgan fingerprint density at radius 3 is 3.08 bits per heavy atom. The summed E-state index contributed by atoms with van der Waals surface area (Å²) in [6.45, 7) is 0.566. The van der Waals surface area contributed by atoms with Gasteiger partial charge in [-0.05, 0) is 17.7 Å². The van der Waals surface area contributed by atoms with E-state index in [4.69, 9.17) is 10.2 Å². The van der Waals surface area contributed by atoms with Gasteiger partial charge in [0.2, 0.25) is 0 Å². The standard InChI is InChI=1S/C11H11NO/c12-6-1-2-9-3-4-10-5-7-13-11(10)8-9/h1-5,7-8H,6,12H2/b2-1+. The summed E-state index contributed by atoms with van der Waals surface area (Å²) in [4.78, 5) is 0. The Hall–Kier alpha value is -1.54. The highest BCUT2D eigenvalue weighted by atomic mass is 16.3. The van der Waals surface area contributed by atoms with Crippen LogP contribution in [0, 0.1) is 0 Å². The predicted octanol–water partition coefficient (Wildman–Crippen LogP) is 2.40. The average molecular weight is 173 g/mol. The van der Waals surface area contributed by atoms with Crippen molar-refractivity contribution in [2.75, 3.05) is 6.54 Å². The molecule has 2 aromatic rings. The molecule has 0 saturated heterocycles. The second kappa shape index (κ2) is 3.46. The fourth-order valence-corrected chi connectivity index (χ4v) is 1.28. The van der Waals surface area contributed by atoms with Crippen LogP contribution in [0.1, 0.15) is 5.56 Å². The summed E-state index contributed by atoms with van der Waals surface area (Å²) < 4.78 is 5.27. The molecule has 2 N–H and O–H groups in total. The van der Waals surface area contributed by atoms with Crippen molar-refractivity contribution < 1.29 is 4.42 Å². The van der Waals surface area contributed by atoms with Gasteiger partial charge in [0.25, 0.3) is 0 Å². The quantitative estimate of drug-likeness (QED) is 0.757. The lowest BCUT2D eigenvalue weighted by Crippen LogP contribution is -1.91. The lowest BCUT2D eigenvalue weighted by atomic mass is 10.1. The van der Waals surface area contributed by atoms with Crippen LogP contribution in [0.4, 0.5) is 0 Å². The number of furan rings is 1. The Bertz CT molecular complexity index is 428. The lowest BCUT2D eigenvalue weighted by Gasteiger charge is -1.92. The van der Waals surface area contributed by atoms with Gasteiger partial charge in [-0.2, -0.15) is 0 Å². The minimum atomic E-state index is 0.566. The van der Waals surface area contributed by atoms with E-state index in [1.54, 1.807) is 6.26 Å². The molecule has 0 fully saturated rings. The second-order valence-corrected chi connectivity index (χ2v) is 2.86. The molecule has 0 bridgehead atoms. The third kappa shape index (κ3) is 1.63. The summed E-state index contributed by atoms with van der Waals surface area (Å²) >= 11 is 0. The number of hydrogen-bond acceptors (Lipinski definition) is 2. The van der Waals surface area contributed by atoms with E-state index in [-0.39, 0.29) is 0 Å². The highest BCUT2D eigenvalue weighted by Gasteiger charge is 1.95. The van der Waals surface area contributed by atoms with E-state index in [1.165, 1.54) is 0 Å². The second-order valence-electron chi connectivity index (χ2n) is 2.86. The van der Waals surface area contributed by atoms with Gasteiger partial charge in [0.15, 0.2) is 0 Å². The molecule has 0 saturated carbocycles. The zero-order valence-electron chi connectivity index (χ0n) is 7.23. The van der Waals surface area contributed by atoms with Crippen molar-refractivity contribution in [2.24, 2.45) is 5.73 Å². The fourth-order valence-electron chi connectivity index (χ4n) is 1.28. The zero-order chi connectivity index (χ0) is 9.10. The Labute approximate surface area is 76.7 Å². The van der Waals surface area contributed by atoms with Crippen molar-refractivity contribution in [3.05, 3.63) is 42.2 Å². The van der Waals surface area contributed by atoms with Gasteiger partial charge < -0.3 is 10.2 Å². The van der Waals surface area contributed by atoms with Crippen molar-refractivity contribution in [2.45, 2.75) is 0 Å². The van der Waals surface area contributed by atoms with Crippen molar-refractivity contribution in [1.29, 1.82) is 0 Å². The topological polar surface area (TPSA) is 39.2 Å². The van der Waals surface area contributed by atoms with Crippen LogP contribution in [0.2, 0.25) is 0 Å². The molecule has 0 unspecified atom stereocenters. The predicted molar refractivity (Wildman–Crippen MR) is 54.3 cm³/mol. The number of hydrogen-bond donors (Lipinski definition) is 1. The largest absolute Gasteiger partial charge is 0.464 e. The number of nitrogens with two attached hydrogens (primary N) is 1. The van der Waals surface area contributed by atoms with Gasteiger partial charge in [0.1, 0.15) is 5.58 Å². The van der Waals surface area contributed by atoms with Crippen molar-refractivity contribution in [1.82, 2.24) is 0 Å². The average Bonchev–Trinajstić information content (AvgIpc) is 2.61. The first-order valence-electron chi connectivity index (χ1n) is 4.24. The molecule has 1 heterocycles. The molecule has 2 heteroatoms. The van der Waals surface area contributed by atoms with Crippen LogP contribution in [0.5, 0.6) is 0 Å². The highest BCUT2D eigenvalue weighted by Crippen LogP contribution is 2.17. The normalized spacial score (nSPS) is 11.5. The molecule has 2 nitrogen and oxygen atoms in total.